The minimum absolute atomic E-state index is 0.131. The molecule has 0 bridgehead atoms. The second-order valence-electron chi connectivity index (χ2n) is 3.81. The van der Waals surface area contributed by atoms with Gasteiger partial charge in [-0.2, -0.15) is 5.10 Å². The highest BCUT2D eigenvalue weighted by Gasteiger charge is 2.29. The van der Waals surface area contributed by atoms with Crippen molar-refractivity contribution in [2.24, 2.45) is 0 Å². The number of H-pyrrole nitrogens is 1. The zero-order valence-electron chi connectivity index (χ0n) is 8.35. The van der Waals surface area contributed by atoms with E-state index in [0.29, 0.717) is 13.0 Å². The zero-order valence-corrected chi connectivity index (χ0v) is 9.94. The Hall–Kier alpha value is -1.43. The molecule has 2 aromatic rings. The number of rotatable bonds is 1. The number of anilines is 1. The summed E-state index contributed by atoms with van der Waals surface area (Å²) >= 11 is 3.46. The van der Waals surface area contributed by atoms with Crippen molar-refractivity contribution < 1.29 is 4.79 Å². The zero-order chi connectivity index (χ0) is 11.1. The van der Waals surface area contributed by atoms with Crippen LogP contribution in [0.3, 0.4) is 0 Å². The van der Waals surface area contributed by atoms with Crippen molar-refractivity contribution in [2.45, 2.75) is 11.2 Å². The highest BCUT2D eigenvalue weighted by Crippen LogP contribution is 2.26. The predicted octanol–water partition coefficient (Wildman–Crippen LogP) is 1.46. The van der Waals surface area contributed by atoms with Crippen LogP contribution in [0.2, 0.25) is 0 Å². The van der Waals surface area contributed by atoms with Gasteiger partial charge in [0, 0.05) is 23.2 Å². The maximum absolute atomic E-state index is 11.7. The molecule has 0 saturated carbocycles. The van der Waals surface area contributed by atoms with Crippen LogP contribution >= 0.6 is 15.9 Å². The molecule has 3 rings (SSSR count). The van der Waals surface area contributed by atoms with E-state index in [1.54, 1.807) is 17.3 Å². The Labute approximate surface area is 100.0 Å². The molecule has 0 aromatic carbocycles. The van der Waals surface area contributed by atoms with E-state index in [1.807, 2.05) is 6.07 Å². The Balaban J connectivity index is 2.02. The summed E-state index contributed by atoms with van der Waals surface area (Å²) in [6, 6.07) is 1.93. The van der Waals surface area contributed by atoms with Gasteiger partial charge in [0.05, 0.1) is 18.1 Å². The van der Waals surface area contributed by atoms with Crippen LogP contribution in [0.1, 0.15) is 6.42 Å². The topological polar surface area (TPSA) is 61.9 Å². The second-order valence-corrected chi connectivity index (χ2v) is 5.10. The number of fused-ring (bicyclic) bond motifs is 1. The quantitative estimate of drug-likeness (QED) is 0.805. The first kappa shape index (κ1) is 9.77. The van der Waals surface area contributed by atoms with Gasteiger partial charge in [0.25, 0.3) is 0 Å². The number of hydrogen-bond acceptors (Lipinski definition) is 3. The van der Waals surface area contributed by atoms with E-state index < -0.39 is 0 Å². The van der Waals surface area contributed by atoms with Crippen molar-refractivity contribution in [1.82, 2.24) is 15.2 Å². The highest BCUT2D eigenvalue weighted by atomic mass is 79.9. The fourth-order valence-electron chi connectivity index (χ4n) is 1.89. The van der Waals surface area contributed by atoms with Crippen molar-refractivity contribution >= 4 is 38.6 Å². The van der Waals surface area contributed by atoms with Crippen LogP contribution in [0.15, 0.2) is 18.5 Å². The number of aromatic nitrogens is 3. The van der Waals surface area contributed by atoms with E-state index in [-0.39, 0.29) is 10.7 Å². The minimum atomic E-state index is 0.131. The Morgan fingerprint density at radius 1 is 1.50 bits per heavy atom. The number of alkyl halides is 1. The molecule has 1 saturated heterocycles. The van der Waals surface area contributed by atoms with Crippen LogP contribution in [-0.4, -0.2) is 32.5 Å². The van der Waals surface area contributed by atoms with Gasteiger partial charge in [0.2, 0.25) is 5.91 Å². The Morgan fingerprint density at radius 3 is 3.12 bits per heavy atom. The van der Waals surface area contributed by atoms with Gasteiger partial charge in [-0.25, -0.2) is 4.98 Å². The summed E-state index contributed by atoms with van der Waals surface area (Å²) in [5.41, 5.74) is 1.58. The number of hydrogen-bond donors (Lipinski definition) is 1. The number of nitrogens with one attached hydrogen (secondary N) is 1. The van der Waals surface area contributed by atoms with Crippen LogP contribution in [0, 0.1) is 0 Å². The number of carbonyl (C=O) groups excluding carboxylic acids is 1. The SMILES string of the molecule is O=C1CC(Br)CN1c1cnc2[nH]ncc2c1. The molecule has 1 N–H and O–H groups in total. The summed E-state index contributed by atoms with van der Waals surface area (Å²) in [7, 11) is 0. The standard InChI is InChI=1S/C10H9BrN4O/c11-7-2-9(16)15(5-7)8-1-6-3-13-14-10(6)12-4-8/h1,3-4,7H,2,5H2,(H,12,13,14). The number of halogens is 1. The summed E-state index contributed by atoms with van der Waals surface area (Å²) in [5, 5.41) is 7.61. The van der Waals surface area contributed by atoms with E-state index in [2.05, 4.69) is 31.1 Å². The molecule has 82 valence electrons. The molecule has 1 aliphatic heterocycles. The molecule has 0 radical (unpaired) electrons. The van der Waals surface area contributed by atoms with Gasteiger partial charge in [0.15, 0.2) is 5.65 Å². The molecule has 3 heterocycles. The molecule has 1 amide bonds. The first-order chi connectivity index (χ1) is 7.74. The van der Waals surface area contributed by atoms with Gasteiger partial charge in [0.1, 0.15) is 0 Å². The number of pyridine rings is 1. The molecule has 16 heavy (non-hydrogen) atoms. The third-order valence-corrected chi connectivity index (χ3v) is 3.28. The van der Waals surface area contributed by atoms with Crippen LogP contribution in [0.5, 0.6) is 0 Å². The first-order valence-corrected chi connectivity index (χ1v) is 5.89. The predicted molar refractivity (Wildman–Crippen MR) is 63.6 cm³/mol. The third kappa shape index (κ3) is 1.49. The molecule has 1 unspecified atom stereocenters. The Morgan fingerprint density at radius 2 is 2.38 bits per heavy atom. The van der Waals surface area contributed by atoms with E-state index in [1.165, 1.54) is 0 Å². The van der Waals surface area contributed by atoms with Crippen molar-refractivity contribution in [3.8, 4) is 0 Å². The number of carbonyl (C=O) groups is 1. The highest BCUT2D eigenvalue weighted by molar-refractivity contribution is 9.09. The van der Waals surface area contributed by atoms with Crippen molar-refractivity contribution in [3.63, 3.8) is 0 Å². The van der Waals surface area contributed by atoms with Gasteiger partial charge in [-0.05, 0) is 6.07 Å². The van der Waals surface area contributed by atoms with Gasteiger partial charge in [-0.15, -0.1) is 0 Å². The van der Waals surface area contributed by atoms with E-state index in [9.17, 15) is 4.79 Å². The fraction of sp³-hybridized carbons (Fsp3) is 0.300. The Kier molecular flexibility index (Phi) is 2.17. The molecule has 1 fully saturated rings. The number of nitrogens with zero attached hydrogens (tertiary/aromatic N) is 3. The average Bonchev–Trinajstić information content (AvgIpc) is 2.83. The van der Waals surface area contributed by atoms with E-state index >= 15 is 0 Å². The molecular weight excluding hydrogens is 272 g/mol. The maximum Gasteiger partial charge on any atom is 0.228 e. The molecule has 1 aliphatic rings. The lowest BCUT2D eigenvalue weighted by molar-refractivity contribution is -0.117. The molecule has 0 spiro atoms. The van der Waals surface area contributed by atoms with Gasteiger partial charge < -0.3 is 4.90 Å². The monoisotopic (exact) mass is 280 g/mol. The molecule has 2 aromatic heterocycles. The average molecular weight is 281 g/mol. The molecule has 1 atom stereocenters. The molecule has 0 aliphatic carbocycles. The largest absolute Gasteiger partial charge is 0.310 e. The van der Waals surface area contributed by atoms with E-state index in [0.717, 1.165) is 16.7 Å². The normalized spacial score (nSPS) is 20.9. The van der Waals surface area contributed by atoms with Crippen LogP contribution < -0.4 is 4.90 Å². The second kappa shape index (κ2) is 3.55. The summed E-state index contributed by atoms with van der Waals surface area (Å²) in [4.78, 5) is 17.9. The van der Waals surface area contributed by atoms with Crippen molar-refractivity contribution in [1.29, 1.82) is 0 Å². The summed E-state index contributed by atoms with van der Waals surface area (Å²) in [6.45, 7) is 0.698. The van der Waals surface area contributed by atoms with Crippen LogP contribution in [-0.2, 0) is 4.79 Å². The summed E-state index contributed by atoms with van der Waals surface area (Å²) < 4.78 is 0. The summed E-state index contributed by atoms with van der Waals surface area (Å²) in [5.74, 6) is 0.131. The van der Waals surface area contributed by atoms with E-state index in [4.69, 9.17) is 0 Å². The lowest BCUT2D eigenvalue weighted by Gasteiger charge is -2.15. The lowest BCUT2D eigenvalue weighted by Crippen LogP contribution is -2.24. The number of aromatic amines is 1. The van der Waals surface area contributed by atoms with Gasteiger partial charge >= 0.3 is 0 Å². The Bertz CT molecular complexity index is 552. The molecule has 5 nitrogen and oxygen atoms in total. The van der Waals surface area contributed by atoms with Crippen LogP contribution in [0.4, 0.5) is 5.69 Å². The molecular formula is C10H9BrN4O. The van der Waals surface area contributed by atoms with Crippen molar-refractivity contribution in [2.75, 3.05) is 11.4 Å². The van der Waals surface area contributed by atoms with Crippen molar-refractivity contribution in [3.05, 3.63) is 18.5 Å². The first-order valence-electron chi connectivity index (χ1n) is 4.97. The number of amides is 1. The van der Waals surface area contributed by atoms with Gasteiger partial charge in [-0.3, -0.25) is 9.89 Å². The molecule has 6 heteroatoms. The summed E-state index contributed by atoms with van der Waals surface area (Å²) in [6.07, 6.45) is 3.95. The minimum Gasteiger partial charge on any atom is -0.310 e. The smallest absolute Gasteiger partial charge is 0.228 e. The lowest BCUT2D eigenvalue weighted by atomic mass is 10.3. The van der Waals surface area contributed by atoms with Crippen LogP contribution in [0.25, 0.3) is 11.0 Å². The fourth-order valence-corrected chi connectivity index (χ4v) is 2.45. The third-order valence-electron chi connectivity index (χ3n) is 2.67. The maximum atomic E-state index is 11.7. The van der Waals surface area contributed by atoms with Gasteiger partial charge in [-0.1, -0.05) is 15.9 Å².